The van der Waals surface area contributed by atoms with E-state index >= 15 is 0 Å². The van der Waals surface area contributed by atoms with Crippen LogP contribution in [0.25, 0.3) is 0 Å². The maximum atomic E-state index is 14.4. The number of carbonyl (C=O) groups is 2. The van der Waals surface area contributed by atoms with Crippen molar-refractivity contribution in [2.75, 3.05) is 28.4 Å². The highest BCUT2D eigenvalue weighted by molar-refractivity contribution is 7.26. The van der Waals surface area contributed by atoms with Crippen LogP contribution in [-0.4, -0.2) is 45.2 Å². The summed E-state index contributed by atoms with van der Waals surface area (Å²) >= 11 is 0. The molecule has 2 aromatic rings. The Labute approximate surface area is 202 Å². The number of methoxy groups -OCH3 is 4. The first kappa shape index (κ1) is 27.3. The number of hydrogen-bond donors (Lipinski definition) is 0. The normalized spacial score (nSPS) is 14.1. The average Bonchev–Trinajstić information content (AvgIpc) is 2.86. The Morgan fingerprint density at radius 2 is 1.18 bits per heavy atom. The fourth-order valence-corrected chi connectivity index (χ4v) is 4.86. The van der Waals surface area contributed by atoms with Gasteiger partial charge in [-0.2, -0.15) is 0 Å². The lowest BCUT2D eigenvalue weighted by molar-refractivity contribution is 0.0522. The zero-order valence-corrected chi connectivity index (χ0v) is 21.9. The van der Waals surface area contributed by atoms with E-state index in [-0.39, 0.29) is 25.4 Å². The van der Waals surface area contributed by atoms with Crippen molar-refractivity contribution in [3.05, 3.63) is 47.5 Å². The minimum Gasteiger partial charge on any atom is -0.496 e. The summed E-state index contributed by atoms with van der Waals surface area (Å²) in [5, 5.41) is -1.12. The van der Waals surface area contributed by atoms with E-state index in [1.807, 2.05) is 6.92 Å². The summed E-state index contributed by atoms with van der Waals surface area (Å²) in [7, 11) is 5.58. The van der Waals surface area contributed by atoms with Crippen LogP contribution in [-0.2, 0) is 4.57 Å². The summed E-state index contributed by atoms with van der Waals surface area (Å²) in [6.07, 6.45) is 0.304. The molecule has 0 N–H and O–H groups in total. The predicted molar refractivity (Wildman–Crippen MR) is 131 cm³/mol. The minimum absolute atomic E-state index is 0.199. The zero-order chi connectivity index (χ0) is 25.7. The first-order valence-corrected chi connectivity index (χ1v) is 11.8. The SMILES string of the molecule is CCC(C(=O)c1c(OC)cccc1OC)C(C)(C(=O)c1c(OC)cccc1OC)C(C)(C)P=O. The Morgan fingerprint density at radius 3 is 1.50 bits per heavy atom. The van der Waals surface area contributed by atoms with Gasteiger partial charge in [0.1, 0.15) is 34.1 Å². The second-order valence-corrected chi connectivity index (χ2v) is 9.88. The molecule has 0 amide bonds. The maximum absolute atomic E-state index is 14.4. The second kappa shape index (κ2) is 11.0. The van der Waals surface area contributed by atoms with Gasteiger partial charge in [0.25, 0.3) is 0 Å². The van der Waals surface area contributed by atoms with E-state index in [0.717, 1.165) is 0 Å². The molecular formula is C26H33O7P. The van der Waals surface area contributed by atoms with Crippen molar-refractivity contribution in [3.8, 4) is 23.0 Å². The van der Waals surface area contributed by atoms with Crippen molar-refractivity contribution in [1.29, 1.82) is 0 Å². The summed E-state index contributed by atoms with van der Waals surface area (Å²) in [4.78, 5) is 28.5. The van der Waals surface area contributed by atoms with Crippen LogP contribution < -0.4 is 18.9 Å². The zero-order valence-electron chi connectivity index (χ0n) is 21.1. The van der Waals surface area contributed by atoms with Crippen LogP contribution in [0.2, 0.25) is 0 Å². The van der Waals surface area contributed by atoms with Gasteiger partial charge >= 0.3 is 0 Å². The van der Waals surface area contributed by atoms with Gasteiger partial charge in [0, 0.05) is 5.92 Å². The van der Waals surface area contributed by atoms with Gasteiger partial charge in [-0.25, -0.2) is 0 Å². The number of carbonyl (C=O) groups excluding carboxylic acids is 2. The monoisotopic (exact) mass is 488 g/mol. The first-order chi connectivity index (χ1) is 16.1. The van der Waals surface area contributed by atoms with E-state index in [1.54, 1.807) is 57.2 Å². The fraction of sp³-hybridized carbons (Fsp3) is 0.462. The topological polar surface area (TPSA) is 88.1 Å². The number of benzene rings is 2. The van der Waals surface area contributed by atoms with E-state index in [1.165, 1.54) is 28.4 Å². The largest absolute Gasteiger partial charge is 0.496 e. The Hall–Kier alpha value is -2.92. The smallest absolute Gasteiger partial charge is 0.178 e. The van der Waals surface area contributed by atoms with Gasteiger partial charge in [-0.05, 0) is 44.5 Å². The van der Waals surface area contributed by atoms with Gasteiger partial charge in [0.15, 0.2) is 20.0 Å². The van der Waals surface area contributed by atoms with Crippen molar-refractivity contribution in [2.24, 2.45) is 11.3 Å². The molecular weight excluding hydrogens is 455 g/mol. The Kier molecular flexibility index (Phi) is 8.84. The van der Waals surface area contributed by atoms with Crippen molar-refractivity contribution in [2.45, 2.75) is 39.3 Å². The molecule has 0 heterocycles. The van der Waals surface area contributed by atoms with Crippen molar-refractivity contribution in [3.63, 3.8) is 0 Å². The molecule has 0 spiro atoms. The van der Waals surface area contributed by atoms with Gasteiger partial charge in [-0.1, -0.05) is 26.0 Å². The number of rotatable bonds is 12. The highest BCUT2D eigenvalue weighted by Gasteiger charge is 2.56. The Balaban J connectivity index is 2.86. The first-order valence-electron chi connectivity index (χ1n) is 10.9. The summed E-state index contributed by atoms with van der Waals surface area (Å²) in [6, 6.07) is 10.1. The lowest BCUT2D eigenvalue weighted by Gasteiger charge is -2.44. The van der Waals surface area contributed by atoms with Gasteiger partial charge in [0.2, 0.25) is 0 Å². The van der Waals surface area contributed by atoms with E-state index in [2.05, 4.69) is 0 Å². The Morgan fingerprint density at radius 1 is 0.794 bits per heavy atom. The lowest BCUT2D eigenvalue weighted by atomic mass is 9.61. The van der Waals surface area contributed by atoms with Crippen LogP contribution in [0, 0.1) is 11.3 Å². The molecule has 2 aromatic carbocycles. The minimum atomic E-state index is -1.42. The third kappa shape index (κ3) is 4.54. The van der Waals surface area contributed by atoms with Crippen molar-refractivity contribution >= 4 is 20.0 Å². The summed E-state index contributed by atoms with van der Waals surface area (Å²) in [5.41, 5.74) is -0.982. The van der Waals surface area contributed by atoms with Crippen LogP contribution in [0.1, 0.15) is 54.8 Å². The quantitative estimate of drug-likeness (QED) is 0.272. The number of Topliss-reactive ketones (excluding diaryl/α,β-unsaturated/α-hetero) is 2. The third-order valence-corrected chi connectivity index (χ3v) is 7.64. The molecule has 0 aliphatic heterocycles. The molecule has 2 atom stereocenters. The molecule has 0 saturated carbocycles. The highest BCUT2D eigenvalue weighted by atomic mass is 31.1. The Bertz CT molecular complexity index is 1020. The summed E-state index contributed by atoms with van der Waals surface area (Å²) in [6.45, 7) is 6.92. The van der Waals surface area contributed by atoms with Gasteiger partial charge < -0.3 is 18.9 Å². The van der Waals surface area contributed by atoms with Crippen LogP contribution in [0.5, 0.6) is 23.0 Å². The molecule has 0 aromatic heterocycles. The predicted octanol–water partition coefficient (Wildman–Crippen LogP) is 5.89. The molecule has 0 aliphatic carbocycles. The lowest BCUT2D eigenvalue weighted by Crippen LogP contribution is -2.52. The molecule has 8 heteroatoms. The second-order valence-electron chi connectivity index (χ2n) is 8.58. The molecule has 7 nitrogen and oxygen atoms in total. The molecule has 0 saturated heterocycles. The van der Waals surface area contributed by atoms with Gasteiger partial charge in [0.05, 0.1) is 39.0 Å². The van der Waals surface area contributed by atoms with Crippen molar-refractivity contribution in [1.82, 2.24) is 0 Å². The standard InChI is InChI=1S/C26H33O7P/c1-9-16(23(27)21-17(30-5)12-10-13-18(21)31-6)26(4,25(2,3)34-29)24(28)22-19(32-7)14-11-15-20(22)33-8/h10-16H,9H2,1-8H3. The van der Waals surface area contributed by atoms with Gasteiger partial charge in [-0.3, -0.25) is 14.2 Å². The number of ether oxygens (including phenoxy) is 4. The van der Waals surface area contributed by atoms with Crippen LogP contribution in [0.15, 0.2) is 36.4 Å². The fourth-order valence-electron chi connectivity index (χ4n) is 4.42. The third-order valence-electron chi connectivity index (χ3n) is 6.72. The van der Waals surface area contributed by atoms with Crippen LogP contribution in [0.4, 0.5) is 0 Å². The summed E-state index contributed by atoms with van der Waals surface area (Å²) < 4.78 is 34.3. The number of hydrogen-bond acceptors (Lipinski definition) is 7. The molecule has 0 fully saturated rings. The van der Waals surface area contributed by atoms with E-state index < -0.39 is 22.3 Å². The van der Waals surface area contributed by atoms with E-state index in [9.17, 15) is 14.2 Å². The molecule has 0 radical (unpaired) electrons. The average molecular weight is 489 g/mol. The summed E-state index contributed by atoms with van der Waals surface area (Å²) in [5.74, 6) is -0.300. The van der Waals surface area contributed by atoms with Gasteiger partial charge in [-0.15, -0.1) is 0 Å². The van der Waals surface area contributed by atoms with Crippen LogP contribution >= 0.6 is 8.46 Å². The molecule has 0 bridgehead atoms. The molecule has 184 valence electrons. The molecule has 2 rings (SSSR count). The van der Waals surface area contributed by atoms with Crippen molar-refractivity contribution < 1.29 is 33.1 Å². The highest BCUT2D eigenvalue weighted by Crippen LogP contribution is 2.53. The van der Waals surface area contributed by atoms with Crippen LogP contribution in [0.3, 0.4) is 0 Å². The molecule has 0 aliphatic rings. The molecule has 34 heavy (non-hydrogen) atoms. The maximum Gasteiger partial charge on any atom is 0.178 e. The van der Waals surface area contributed by atoms with E-state index in [4.69, 9.17) is 18.9 Å². The molecule has 2 unspecified atom stereocenters. The van der Waals surface area contributed by atoms with E-state index in [0.29, 0.717) is 29.4 Å². The number of ketones is 2.